The fourth-order valence-corrected chi connectivity index (χ4v) is 2.49. The summed E-state index contributed by atoms with van der Waals surface area (Å²) < 4.78 is 0. The van der Waals surface area contributed by atoms with Gasteiger partial charge in [-0.25, -0.2) is 4.98 Å². The lowest BCUT2D eigenvalue weighted by Crippen LogP contribution is -2.40. The Morgan fingerprint density at radius 3 is 2.70 bits per heavy atom. The highest BCUT2D eigenvalue weighted by Gasteiger charge is 2.12. The molecule has 20 heavy (non-hydrogen) atoms. The van der Waals surface area contributed by atoms with Gasteiger partial charge in [0.1, 0.15) is 5.82 Å². The van der Waals surface area contributed by atoms with E-state index < -0.39 is 0 Å². The second-order valence-electron chi connectivity index (χ2n) is 5.08. The van der Waals surface area contributed by atoms with Gasteiger partial charge in [-0.3, -0.25) is 4.99 Å². The SMILES string of the molecule is I.c1cc(N2CCCC2)ncc1CNC1=NCCCN1. The summed E-state index contributed by atoms with van der Waals surface area (Å²) in [6.45, 7) is 5.00. The van der Waals surface area contributed by atoms with Crippen molar-refractivity contribution in [3.63, 3.8) is 0 Å². The van der Waals surface area contributed by atoms with Crippen molar-refractivity contribution in [1.82, 2.24) is 15.6 Å². The molecule has 3 heterocycles. The summed E-state index contributed by atoms with van der Waals surface area (Å²) in [4.78, 5) is 11.3. The van der Waals surface area contributed by atoms with Gasteiger partial charge in [0.25, 0.3) is 0 Å². The molecule has 0 atom stereocenters. The smallest absolute Gasteiger partial charge is 0.191 e. The molecule has 0 saturated carbocycles. The van der Waals surface area contributed by atoms with E-state index >= 15 is 0 Å². The van der Waals surface area contributed by atoms with E-state index in [9.17, 15) is 0 Å². The molecule has 0 unspecified atom stereocenters. The van der Waals surface area contributed by atoms with Crippen LogP contribution in [0.3, 0.4) is 0 Å². The van der Waals surface area contributed by atoms with E-state index in [4.69, 9.17) is 0 Å². The average molecular weight is 387 g/mol. The molecule has 2 N–H and O–H groups in total. The van der Waals surface area contributed by atoms with Crippen molar-refractivity contribution >= 4 is 35.8 Å². The molecule has 3 rings (SSSR count). The van der Waals surface area contributed by atoms with Gasteiger partial charge in [0.05, 0.1) is 0 Å². The van der Waals surface area contributed by atoms with Crippen LogP contribution >= 0.6 is 24.0 Å². The van der Waals surface area contributed by atoms with Crippen LogP contribution in [0.25, 0.3) is 0 Å². The minimum absolute atomic E-state index is 0. The molecule has 0 radical (unpaired) electrons. The number of aromatic nitrogens is 1. The molecule has 0 amide bonds. The van der Waals surface area contributed by atoms with Crippen molar-refractivity contribution < 1.29 is 0 Å². The van der Waals surface area contributed by atoms with Crippen molar-refractivity contribution in [2.75, 3.05) is 31.1 Å². The van der Waals surface area contributed by atoms with E-state index in [1.54, 1.807) is 0 Å². The van der Waals surface area contributed by atoms with Crippen LogP contribution in [0.4, 0.5) is 5.82 Å². The molecule has 0 bridgehead atoms. The quantitative estimate of drug-likeness (QED) is 0.776. The molecule has 5 nitrogen and oxygen atoms in total. The first-order valence-electron chi connectivity index (χ1n) is 7.14. The second-order valence-corrected chi connectivity index (χ2v) is 5.08. The molecule has 1 saturated heterocycles. The molecule has 1 fully saturated rings. The van der Waals surface area contributed by atoms with Crippen LogP contribution in [0.5, 0.6) is 0 Å². The van der Waals surface area contributed by atoms with E-state index in [1.807, 2.05) is 6.20 Å². The summed E-state index contributed by atoms with van der Waals surface area (Å²) >= 11 is 0. The van der Waals surface area contributed by atoms with Gasteiger partial charge < -0.3 is 15.5 Å². The fraction of sp³-hybridized carbons (Fsp3) is 0.571. The zero-order valence-corrected chi connectivity index (χ0v) is 14.0. The third kappa shape index (κ3) is 3.97. The average Bonchev–Trinajstić information content (AvgIpc) is 3.01. The summed E-state index contributed by atoms with van der Waals surface area (Å²) in [5.74, 6) is 2.02. The molecule has 2 aliphatic rings. The van der Waals surface area contributed by atoms with Crippen LogP contribution in [-0.4, -0.2) is 37.1 Å². The normalized spacial score (nSPS) is 18.0. The maximum absolute atomic E-state index is 4.55. The van der Waals surface area contributed by atoms with Gasteiger partial charge in [-0.2, -0.15) is 0 Å². The van der Waals surface area contributed by atoms with Gasteiger partial charge in [-0.05, 0) is 30.9 Å². The standard InChI is InChI=1S/C14H21N5.HI/c1-2-9-19(8-1)13-5-4-12(10-17-13)11-18-14-15-6-3-7-16-14;/h4-5,10H,1-3,6-9,11H2,(H2,15,16,18);1H. The highest BCUT2D eigenvalue weighted by molar-refractivity contribution is 14.0. The fourth-order valence-electron chi connectivity index (χ4n) is 2.49. The highest BCUT2D eigenvalue weighted by Crippen LogP contribution is 2.17. The predicted molar refractivity (Wildman–Crippen MR) is 92.9 cm³/mol. The molecule has 110 valence electrons. The van der Waals surface area contributed by atoms with E-state index in [0.717, 1.165) is 50.9 Å². The van der Waals surface area contributed by atoms with Gasteiger partial charge >= 0.3 is 0 Å². The maximum Gasteiger partial charge on any atom is 0.191 e. The first kappa shape index (κ1) is 15.3. The van der Waals surface area contributed by atoms with Gasteiger partial charge in [-0.1, -0.05) is 6.07 Å². The summed E-state index contributed by atoms with van der Waals surface area (Å²) in [6, 6.07) is 4.27. The van der Waals surface area contributed by atoms with E-state index in [-0.39, 0.29) is 24.0 Å². The molecular weight excluding hydrogens is 365 g/mol. The lowest BCUT2D eigenvalue weighted by atomic mass is 10.2. The zero-order valence-electron chi connectivity index (χ0n) is 11.6. The predicted octanol–water partition coefficient (Wildman–Crippen LogP) is 1.74. The van der Waals surface area contributed by atoms with Crippen molar-refractivity contribution in [3.05, 3.63) is 23.9 Å². The molecule has 6 heteroatoms. The van der Waals surface area contributed by atoms with Crippen molar-refractivity contribution in [3.8, 4) is 0 Å². The molecule has 1 aromatic heterocycles. The number of nitrogens with one attached hydrogen (secondary N) is 2. The van der Waals surface area contributed by atoms with Gasteiger partial charge in [0.15, 0.2) is 5.96 Å². The Morgan fingerprint density at radius 2 is 2.05 bits per heavy atom. The molecule has 0 aromatic carbocycles. The molecular formula is C14H22IN5. The van der Waals surface area contributed by atoms with Gasteiger partial charge in [0.2, 0.25) is 0 Å². The number of pyridine rings is 1. The number of hydrogen-bond acceptors (Lipinski definition) is 5. The first-order valence-corrected chi connectivity index (χ1v) is 7.14. The van der Waals surface area contributed by atoms with Gasteiger partial charge in [-0.15, -0.1) is 24.0 Å². The minimum atomic E-state index is 0. The summed E-state index contributed by atoms with van der Waals surface area (Å²) in [6.07, 6.45) is 5.66. The Labute approximate surface area is 137 Å². The Balaban J connectivity index is 0.00000147. The zero-order chi connectivity index (χ0) is 12.9. The summed E-state index contributed by atoms with van der Waals surface area (Å²) in [5, 5.41) is 6.57. The largest absolute Gasteiger partial charge is 0.357 e. The first-order chi connectivity index (χ1) is 9.42. The van der Waals surface area contributed by atoms with E-state index in [0.29, 0.717) is 0 Å². The number of hydrogen-bond donors (Lipinski definition) is 2. The van der Waals surface area contributed by atoms with E-state index in [1.165, 1.54) is 18.4 Å². The third-order valence-electron chi connectivity index (χ3n) is 3.60. The number of aliphatic imine (C=N–C) groups is 1. The third-order valence-corrected chi connectivity index (χ3v) is 3.60. The molecule has 0 aliphatic carbocycles. The van der Waals surface area contributed by atoms with Crippen LogP contribution in [0.1, 0.15) is 24.8 Å². The van der Waals surface area contributed by atoms with Crippen LogP contribution in [-0.2, 0) is 6.54 Å². The Bertz CT molecular complexity index is 439. The second kappa shape index (κ2) is 7.66. The van der Waals surface area contributed by atoms with Crippen LogP contribution in [0, 0.1) is 0 Å². The topological polar surface area (TPSA) is 52.6 Å². The Kier molecular flexibility index (Phi) is 5.87. The van der Waals surface area contributed by atoms with Gasteiger partial charge in [0, 0.05) is 38.9 Å². The summed E-state index contributed by atoms with van der Waals surface area (Å²) in [7, 11) is 0. The number of guanidine groups is 1. The van der Waals surface area contributed by atoms with E-state index in [2.05, 4.69) is 37.6 Å². The number of halogens is 1. The number of nitrogens with zero attached hydrogens (tertiary/aromatic N) is 3. The molecule has 0 spiro atoms. The van der Waals surface area contributed by atoms with Crippen molar-refractivity contribution in [1.29, 1.82) is 0 Å². The summed E-state index contributed by atoms with van der Waals surface area (Å²) in [5.41, 5.74) is 1.19. The minimum Gasteiger partial charge on any atom is -0.357 e. The lowest BCUT2D eigenvalue weighted by molar-refractivity contribution is 0.701. The molecule has 2 aliphatic heterocycles. The number of rotatable bonds is 3. The Morgan fingerprint density at radius 1 is 1.20 bits per heavy atom. The Hall–Kier alpha value is -1.05. The van der Waals surface area contributed by atoms with Crippen LogP contribution in [0.15, 0.2) is 23.3 Å². The van der Waals surface area contributed by atoms with Crippen LogP contribution < -0.4 is 15.5 Å². The highest BCUT2D eigenvalue weighted by atomic mass is 127. The van der Waals surface area contributed by atoms with Crippen molar-refractivity contribution in [2.24, 2.45) is 4.99 Å². The van der Waals surface area contributed by atoms with Crippen LogP contribution in [0.2, 0.25) is 0 Å². The molecule has 1 aromatic rings. The van der Waals surface area contributed by atoms with Crippen molar-refractivity contribution in [2.45, 2.75) is 25.8 Å². The lowest BCUT2D eigenvalue weighted by Gasteiger charge is -2.17. The monoisotopic (exact) mass is 387 g/mol. The maximum atomic E-state index is 4.55. The number of anilines is 1.